The van der Waals surface area contributed by atoms with Gasteiger partial charge < -0.3 is 15.2 Å². The van der Waals surface area contributed by atoms with Crippen LogP contribution in [0.25, 0.3) is 10.9 Å². The Balaban J connectivity index is 1.80. The number of nitrogens with zero attached hydrogens (tertiary/aromatic N) is 1. The molecule has 1 fully saturated rings. The van der Waals surface area contributed by atoms with Gasteiger partial charge in [-0.15, -0.1) is 0 Å². The maximum atomic E-state index is 13.5. The van der Waals surface area contributed by atoms with Crippen molar-refractivity contribution in [3.63, 3.8) is 0 Å². The highest BCUT2D eigenvalue weighted by atomic mass is 79.9. The van der Waals surface area contributed by atoms with Crippen LogP contribution in [0.2, 0.25) is 0 Å². The minimum Gasteiger partial charge on any atom is -0.396 e. The standard InChI is InChI=1S/C14H14BrFN2O2/c15-10-3-9-1-2-13(18-12(9)4-11(10)16)17-5-14(6-19)7-20-8-14/h1-4,19H,5-8H2,(H,17,18). The molecule has 1 aliphatic rings. The number of ether oxygens (including phenoxy) is 1. The molecule has 0 spiro atoms. The van der Waals surface area contributed by atoms with Crippen molar-refractivity contribution in [3.8, 4) is 0 Å². The van der Waals surface area contributed by atoms with Gasteiger partial charge in [-0.2, -0.15) is 0 Å². The molecule has 2 aromatic rings. The van der Waals surface area contributed by atoms with Crippen LogP contribution in [0.3, 0.4) is 0 Å². The van der Waals surface area contributed by atoms with E-state index >= 15 is 0 Å². The zero-order valence-corrected chi connectivity index (χ0v) is 12.3. The summed E-state index contributed by atoms with van der Waals surface area (Å²) in [5, 5.41) is 13.4. The summed E-state index contributed by atoms with van der Waals surface area (Å²) < 4.78 is 19.1. The first kappa shape index (κ1) is 13.7. The van der Waals surface area contributed by atoms with Crippen molar-refractivity contribution in [2.45, 2.75) is 0 Å². The van der Waals surface area contributed by atoms with Gasteiger partial charge in [0, 0.05) is 18.0 Å². The van der Waals surface area contributed by atoms with E-state index in [2.05, 4.69) is 26.2 Å². The summed E-state index contributed by atoms with van der Waals surface area (Å²) in [5.41, 5.74) is 0.375. The second-order valence-electron chi connectivity index (χ2n) is 5.16. The van der Waals surface area contributed by atoms with E-state index in [4.69, 9.17) is 4.74 Å². The molecule has 0 radical (unpaired) electrons. The van der Waals surface area contributed by atoms with Gasteiger partial charge in [-0.3, -0.25) is 0 Å². The Morgan fingerprint density at radius 3 is 2.85 bits per heavy atom. The summed E-state index contributed by atoms with van der Waals surface area (Å²) in [6, 6.07) is 6.84. The number of aliphatic hydroxyl groups excluding tert-OH is 1. The second kappa shape index (κ2) is 5.27. The summed E-state index contributed by atoms with van der Waals surface area (Å²) in [4.78, 5) is 4.38. The first-order valence-electron chi connectivity index (χ1n) is 6.30. The van der Waals surface area contributed by atoms with Crippen molar-refractivity contribution in [1.29, 1.82) is 0 Å². The quantitative estimate of drug-likeness (QED) is 0.898. The van der Waals surface area contributed by atoms with Gasteiger partial charge in [-0.1, -0.05) is 0 Å². The molecule has 1 saturated heterocycles. The lowest BCUT2D eigenvalue weighted by molar-refractivity contribution is -0.128. The normalized spacial score (nSPS) is 16.9. The molecule has 20 heavy (non-hydrogen) atoms. The summed E-state index contributed by atoms with van der Waals surface area (Å²) in [6.45, 7) is 1.76. The van der Waals surface area contributed by atoms with Gasteiger partial charge in [0.15, 0.2) is 0 Å². The van der Waals surface area contributed by atoms with Crippen LogP contribution in [0, 0.1) is 11.2 Å². The molecular formula is C14H14BrFN2O2. The molecule has 1 aromatic carbocycles. The third-order valence-corrected chi connectivity index (χ3v) is 4.14. The smallest absolute Gasteiger partial charge is 0.139 e. The molecule has 1 aromatic heterocycles. The van der Waals surface area contributed by atoms with Crippen LogP contribution in [0.1, 0.15) is 0 Å². The van der Waals surface area contributed by atoms with Gasteiger partial charge in [-0.25, -0.2) is 9.37 Å². The minimum absolute atomic E-state index is 0.0785. The molecule has 0 bridgehead atoms. The predicted molar refractivity (Wildman–Crippen MR) is 78.2 cm³/mol. The number of aliphatic hydroxyl groups is 1. The van der Waals surface area contributed by atoms with Crippen molar-refractivity contribution in [2.75, 3.05) is 31.7 Å². The molecular weight excluding hydrogens is 327 g/mol. The second-order valence-corrected chi connectivity index (χ2v) is 6.01. The van der Waals surface area contributed by atoms with Gasteiger partial charge in [0.25, 0.3) is 0 Å². The average molecular weight is 341 g/mol. The Morgan fingerprint density at radius 1 is 1.40 bits per heavy atom. The molecule has 2 heterocycles. The van der Waals surface area contributed by atoms with Crippen LogP contribution in [0.5, 0.6) is 0 Å². The number of hydrogen-bond acceptors (Lipinski definition) is 4. The Bertz CT molecular complexity index is 641. The highest BCUT2D eigenvalue weighted by molar-refractivity contribution is 9.10. The van der Waals surface area contributed by atoms with Crippen molar-refractivity contribution in [1.82, 2.24) is 4.98 Å². The molecule has 0 unspecified atom stereocenters. The van der Waals surface area contributed by atoms with Gasteiger partial charge in [0.1, 0.15) is 11.6 Å². The Morgan fingerprint density at radius 2 is 2.20 bits per heavy atom. The maximum Gasteiger partial charge on any atom is 0.139 e. The van der Waals surface area contributed by atoms with Crippen LogP contribution in [0.4, 0.5) is 10.2 Å². The fourth-order valence-corrected chi connectivity index (χ4v) is 2.50. The summed E-state index contributed by atoms with van der Waals surface area (Å²) in [5.74, 6) is 0.334. The van der Waals surface area contributed by atoms with Crippen LogP contribution >= 0.6 is 15.9 Å². The van der Waals surface area contributed by atoms with Crippen LogP contribution in [0.15, 0.2) is 28.7 Å². The Hall–Kier alpha value is -1.24. The van der Waals surface area contributed by atoms with E-state index in [9.17, 15) is 9.50 Å². The largest absolute Gasteiger partial charge is 0.396 e. The highest BCUT2D eigenvalue weighted by Gasteiger charge is 2.37. The molecule has 0 aliphatic carbocycles. The lowest BCUT2D eigenvalue weighted by atomic mass is 9.87. The number of aromatic nitrogens is 1. The lowest BCUT2D eigenvalue weighted by Gasteiger charge is -2.39. The molecule has 0 amide bonds. The monoisotopic (exact) mass is 340 g/mol. The molecule has 1 aliphatic heterocycles. The molecule has 4 nitrogen and oxygen atoms in total. The van der Waals surface area contributed by atoms with Crippen molar-refractivity contribution in [2.24, 2.45) is 5.41 Å². The van der Waals surface area contributed by atoms with E-state index < -0.39 is 0 Å². The fourth-order valence-electron chi connectivity index (χ4n) is 2.13. The number of anilines is 1. The van der Waals surface area contributed by atoms with Gasteiger partial charge in [0.05, 0.1) is 35.2 Å². The van der Waals surface area contributed by atoms with E-state index in [1.807, 2.05) is 12.1 Å². The number of pyridine rings is 1. The summed E-state index contributed by atoms with van der Waals surface area (Å²) >= 11 is 3.16. The summed E-state index contributed by atoms with van der Waals surface area (Å²) in [7, 11) is 0. The van der Waals surface area contributed by atoms with Gasteiger partial charge >= 0.3 is 0 Å². The first-order chi connectivity index (χ1) is 9.62. The molecule has 0 saturated carbocycles. The van der Waals surface area contributed by atoms with Crippen molar-refractivity contribution in [3.05, 3.63) is 34.6 Å². The third-order valence-electron chi connectivity index (χ3n) is 3.53. The number of hydrogen-bond donors (Lipinski definition) is 2. The number of halogens is 2. The van der Waals surface area contributed by atoms with Crippen molar-refractivity contribution >= 4 is 32.7 Å². The van der Waals surface area contributed by atoms with Crippen LogP contribution in [-0.2, 0) is 4.74 Å². The third kappa shape index (κ3) is 2.51. The minimum atomic E-state index is -0.332. The van der Waals surface area contributed by atoms with Crippen LogP contribution < -0.4 is 5.32 Å². The SMILES string of the molecule is OCC1(CNc2ccc3cc(Br)c(F)cc3n2)COC1. The molecule has 106 valence electrons. The number of benzene rings is 1. The fraction of sp³-hybridized carbons (Fsp3) is 0.357. The van der Waals surface area contributed by atoms with Gasteiger partial charge in [0.2, 0.25) is 0 Å². The van der Waals surface area contributed by atoms with E-state index in [-0.39, 0.29) is 17.8 Å². The molecule has 0 atom stereocenters. The average Bonchev–Trinajstić information content (AvgIpc) is 2.39. The Labute approximate surface area is 124 Å². The number of nitrogens with one attached hydrogen (secondary N) is 1. The van der Waals surface area contributed by atoms with Crippen LogP contribution in [-0.4, -0.2) is 36.5 Å². The first-order valence-corrected chi connectivity index (χ1v) is 7.09. The van der Waals surface area contributed by atoms with E-state index in [0.717, 1.165) is 5.39 Å². The predicted octanol–water partition coefficient (Wildman–Crippen LogP) is 2.56. The van der Waals surface area contributed by atoms with Crippen molar-refractivity contribution < 1.29 is 14.2 Å². The van der Waals surface area contributed by atoms with E-state index in [1.165, 1.54) is 6.07 Å². The zero-order chi connectivity index (χ0) is 14.2. The van der Waals surface area contributed by atoms with Gasteiger partial charge in [-0.05, 0) is 34.1 Å². The zero-order valence-electron chi connectivity index (χ0n) is 10.7. The maximum absolute atomic E-state index is 13.5. The molecule has 2 N–H and O–H groups in total. The molecule has 3 rings (SSSR count). The number of fused-ring (bicyclic) bond motifs is 1. The molecule has 6 heteroatoms. The Kier molecular flexibility index (Phi) is 3.62. The summed E-state index contributed by atoms with van der Waals surface area (Å²) in [6.07, 6.45) is 0. The van der Waals surface area contributed by atoms with E-state index in [0.29, 0.717) is 35.6 Å². The number of rotatable bonds is 4. The lowest BCUT2D eigenvalue weighted by Crippen LogP contribution is -2.50. The topological polar surface area (TPSA) is 54.4 Å². The van der Waals surface area contributed by atoms with E-state index in [1.54, 1.807) is 6.07 Å². The highest BCUT2D eigenvalue weighted by Crippen LogP contribution is 2.28.